The first-order chi connectivity index (χ1) is 14.2. The van der Waals surface area contributed by atoms with E-state index in [0.717, 1.165) is 5.56 Å². The van der Waals surface area contributed by atoms with E-state index in [2.05, 4.69) is 5.32 Å². The number of nitrogens with one attached hydrogen (secondary N) is 1. The van der Waals surface area contributed by atoms with E-state index >= 15 is 0 Å². The smallest absolute Gasteiger partial charge is 0.340 e. The predicted octanol–water partition coefficient (Wildman–Crippen LogP) is 6.83. The summed E-state index contributed by atoms with van der Waals surface area (Å²) in [5, 5.41) is 3.14. The predicted molar refractivity (Wildman–Crippen MR) is 117 cm³/mol. The second kappa shape index (κ2) is 8.91. The normalized spacial score (nSPS) is 11.5. The van der Waals surface area contributed by atoms with Crippen molar-refractivity contribution in [1.29, 1.82) is 0 Å². The molecule has 1 N–H and O–H groups in total. The van der Waals surface area contributed by atoms with Crippen molar-refractivity contribution in [1.82, 2.24) is 0 Å². The summed E-state index contributed by atoms with van der Waals surface area (Å²) in [6.07, 6.45) is 3.42. The first-order valence-corrected chi connectivity index (χ1v) is 9.54. The highest BCUT2D eigenvalue weighted by molar-refractivity contribution is 5.97. The zero-order chi connectivity index (χ0) is 21.7. The van der Waals surface area contributed by atoms with Gasteiger partial charge in [-0.3, -0.25) is 0 Å². The fraction of sp³-hybridized carbons (Fsp3) is 0.160. The number of rotatable bonds is 5. The molecule has 3 aromatic rings. The maximum atomic E-state index is 13.9. The van der Waals surface area contributed by atoms with Gasteiger partial charge in [0.05, 0.1) is 11.3 Å². The van der Waals surface area contributed by atoms with E-state index in [0.29, 0.717) is 22.5 Å². The van der Waals surface area contributed by atoms with Gasteiger partial charge in [0, 0.05) is 11.3 Å². The average Bonchev–Trinajstić information content (AvgIpc) is 2.68. The summed E-state index contributed by atoms with van der Waals surface area (Å²) in [5.74, 6) is -1.14. The summed E-state index contributed by atoms with van der Waals surface area (Å²) < 4.78 is 32.6. The molecule has 0 bridgehead atoms. The van der Waals surface area contributed by atoms with Crippen LogP contribution in [0.2, 0.25) is 0 Å². The van der Waals surface area contributed by atoms with Crippen molar-refractivity contribution in [2.75, 3.05) is 5.32 Å². The molecule has 154 valence electrons. The van der Waals surface area contributed by atoms with E-state index in [4.69, 9.17) is 4.74 Å². The van der Waals surface area contributed by atoms with Gasteiger partial charge in [-0.05, 0) is 68.8 Å². The van der Waals surface area contributed by atoms with Crippen LogP contribution in [0.25, 0.3) is 12.2 Å². The Balaban J connectivity index is 1.95. The van der Waals surface area contributed by atoms with Crippen molar-refractivity contribution in [2.24, 2.45) is 0 Å². The number of carbonyl (C=O) groups is 1. The van der Waals surface area contributed by atoms with Crippen LogP contribution in [0.15, 0.2) is 66.7 Å². The minimum atomic E-state index is -0.645. The molecule has 3 rings (SSSR count). The highest BCUT2D eigenvalue weighted by atomic mass is 19.1. The molecule has 30 heavy (non-hydrogen) atoms. The summed E-state index contributed by atoms with van der Waals surface area (Å²) in [4.78, 5) is 12.7. The van der Waals surface area contributed by atoms with E-state index in [-0.39, 0.29) is 11.6 Å². The molecule has 0 aliphatic heterocycles. The SMILES string of the molecule is CC(C)(C)OC(=O)c1ccc(C=Cc2ccccc2F)cc1Nc1ccc(F)cc1. The van der Waals surface area contributed by atoms with Crippen LogP contribution < -0.4 is 5.32 Å². The van der Waals surface area contributed by atoms with Crippen LogP contribution in [0.4, 0.5) is 20.2 Å². The highest BCUT2D eigenvalue weighted by Crippen LogP contribution is 2.26. The Bertz CT molecular complexity index is 1070. The third-order valence-corrected chi connectivity index (χ3v) is 4.15. The Morgan fingerprint density at radius 2 is 1.63 bits per heavy atom. The summed E-state index contributed by atoms with van der Waals surface area (Å²) in [6, 6.07) is 17.5. The Labute approximate surface area is 175 Å². The van der Waals surface area contributed by atoms with Crippen molar-refractivity contribution in [2.45, 2.75) is 26.4 Å². The van der Waals surface area contributed by atoms with E-state index in [1.807, 2.05) is 0 Å². The molecule has 0 aliphatic carbocycles. The molecular weight excluding hydrogens is 384 g/mol. The number of hydrogen-bond acceptors (Lipinski definition) is 3. The molecule has 0 amide bonds. The van der Waals surface area contributed by atoms with E-state index in [9.17, 15) is 13.6 Å². The Morgan fingerprint density at radius 3 is 2.30 bits per heavy atom. The minimum absolute atomic E-state index is 0.316. The molecule has 0 fully saturated rings. The molecule has 0 unspecified atom stereocenters. The molecule has 0 aliphatic rings. The van der Waals surface area contributed by atoms with Gasteiger partial charge in [0.2, 0.25) is 0 Å². The van der Waals surface area contributed by atoms with Crippen molar-refractivity contribution in [3.8, 4) is 0 Å². The number of ether oxygens (including phenoxy) is 1. The molecule has 3 aromatic carbocycles. The maximum absolute atomic E-state index is 13.9. The molecule has 0 aromatic heterocycles. The minimum Gasteiger partial charge on any atom is -0.456 e. The van der Waals surface area contributed by atoms with Crippen molar-refractivity contribution < 1.29 is 18.3 Å². The Morgan fingerprint density at radius 1 is 0.933 bits per heavy atom. The van der Waals surface area contributed by atoms with Crippen molar-refractivity contribution >= 4 is 29.5 Å². The number of esters is 1. The lowest BCUT2D eigenvalue weighted by molar-refractivity contribution is 0.00707. The van der Waals surface area contributed by atoms with Gasteiger partial charge in [-0.1, -0.05) is 36.4 Å². The molecule has 0 heterocycles. The van der Waals surface area contributed by atoms with Gasteiger partial charge in [0.25, 0.3) is 0 Å². The van der Waals surface area contributed by atoms with Crippen LogP contribution in [0.3, 0.4) is 0 Å². The van der Waals surface area contributed by atoms with Crippen LogP contribution >= 0.6 is 0 Å². The number of anilines is 2. The van der Waals surface area contributed by atoms with Gasteiger partial charge in [-0.2, -0.15) is 0 Å². The monoisotopic (exact) mass is 407 g/mol. The first kappa shape index (κ1) is 21.2. The Hall–Kier alpha value is -3.47. The topological polar surface area (TPSA) is 38.3 Å². The lowest BCUT2D eigenvalue weighted by Gasteiger charge is -2.21. The number of benzene rings is 3. The lowest BCUT2D eigenvalue weighted by atomic mass is 10.1. The number of halogens is 2. The molecule has 0 saturated carbocycles. The van der Waals surface area contributed by atoms with Crippen molar-refractivity contribution in [3.63, 3.8) is 0 Å². The lowest BCUT2D eigenvalue weighted by Crippen LogP contribution is -2.24. The van der Waals surface area contributed by atoms with Gasteiger partial charge in [-0.25, -0.2) is 13.6 Å². The maximum Gasteiger partial charge on any atom is 0.340 e. The van der Waals surface area contributed by atoms with E-state index in [1.54, 1.807) is 81.5 Å². The molecular formula is C25H23F2NO2. The van der Waals surface area contributed by atoms with Crippen LogP contribution in [-0.4, -0.2) is 11.6 Å². The van der Waals surface area contributed by atoms with Gasteiger partial charge in [0.1, 0.15) is 17.2 Å². The third kappa shape index (κ3) is 5.77. The van der Waals surface area contributed by atoms with E-state index < -0.39 is 11.6 Å². The fourth-order valence-electron chi connectivity index (χ4n) is 2.77. The van der Waals surface area contributed by atoms with Crippen LogP contribution in [0.1, 0.15) is 42.3 Å². The second-order valence-corrected chi connectivity index (χ2v) is 7.79. The molecule has 5 heteroatoms. The standard InChI is InChI=1S/C25H23F2NO2/c1-25(2,3)30-24(29)21-15-9-17(8-10-18-6-4-5-7-22(18)27)16-23(21)28-20-13-11-19(26)12-14-20/h4-16,28H,1-3H3. The van der Waals surface area contributed by atoms with Gasteiger partial charge in [0.15, 0.2) is 0 Å². The van der Waals surface area contributed by atoms with Crippen molar-refractivity contribution in [3.05, 3.63) is 95.1 Å². The number of carbonyl (C=O) groups excluding carboxylic acids is 1. The van der Waals surface area contributed by atoms with Crippen LogP contribution in [0, 0.1) is 11.6 Å². The summed E-state index contributed by atoms with van der Waals surface area (Å²) in [7, 11) is 0. The molecule has 0 atom stereocenters. The zero-order valence-corrected chi connectivity index (χ0v) is 17.1. The molecule has 3 nitrogen and oxygen atoms in total. The highest BCUT2D eigenvalue weighted by Gasteiger charge is 2.20. The molecule has 0 radical (unpaired) electrons. The van der Waals surface area contributed by atoms with Crippen LogP contribution in [-0.2, 0) is 4.74 Å². The first-order valence-electron chi connectivity index (χ1n) is 9.54. The summed E-state index contributed by atoms with van der Waals surface area (Å²) in [6.45, 7) is 5.39. The largest absolute Gasteiger partial charge is 0.456 e. The van der Waals surface area contributed by atoms with Gasteiger partial charge >= 0.3 is 5.97 Å². The summed E-state index contributed by atoms with van der Waals surface area (Å²) >= 11 is 0. The van der Waals surface area contributed by atoms with Gasteiger partial charge < -0.3 is 10.1 Å². The molecule has 0 saturated heterocycles. The van der Waals surface area contributed by atoms with Gasteiger partial charge in [-0.15, -0.1) is 0 Å². The second-order valence-electron chi connectivity index (χ2n) is 7.79. The summed E-state index contributed by atoms with van der Waals surface area (Å²) in [5.41, 5.74) is 2.05. The zero-order valence-electron chi connectivity index (χ0n) is 17.1. The molecule has 0 spiro atoms. The average molecular weight is 407 g/mol. The quantitative estimate of drug-likeness (QED) is 0.372. The fourth-order valence-corrected chi connectivity index (χ4v) is 2.77. The van der Waals surface area contributed by atoms with E-state index in [1.165, 1.54) is 18.2 Å². The third-order valence-electron chi connectivity index (χ3n) is 4.15. The Kier molecular flexibility index (Phi) is 6.31. The number of hydrogen-bond donors (Lipinski definition) is 1. The van der Waals surface area contributed by atoms with Crippen LogP contribution in [0.5, 0.6) is 0 Å².